The van der Waals surface area contributed by atoms with Crippen molar-refractivity contribution in [2.24, 2.45) is 0 Å². The second-order valence-electron chi connectivity index (χ2n) is 3.72. The monoisotopic (exact) mass is 254 g/mol. The quantitative estimate of drug-likeness (QED) is 0.819. The summed E-state index contributed by atoms with van der Waals surface area (Å²) >= 11 is 10.9. The smallest absolute Gasteiger partial charge is 0.251 e. The number of hydrogen-bond acceptors (Lipinski definition) is 2. The van der Waals surface area contributed by atoms with Crippen molar-refractivity contribution in [3.8, 4) is 0 Å². The van der Waals surface area contributed by atoms with Crippen molar-refractivity contribution in [3.05, 3.63) is 34.9 Å². The Morgan fingerprint density at radius 3 is 2.56 bits per heavy atom. The highest BCUT2D eigenvalue weighted by Crippen LogP contribution is 2.14. The van der Waals surface area contributed by atoms with Crippen molar-refractivity contribution in [1.82, 2.24) is 10.2 Å². The molecule has 0 spiro atoms. The van der Waals surface area contributed by atoms with Crippen LogP contribution in [0.25, 0.3) is 0 Å². The maximum absolute atomic E-state index is 11.7. The van der Waals surface area contributed by atoms with Gasteiger partial charge < -0.3 is 5.32 Å². The Bertz CT molecular complexity index is 432. The second kappa shape index (κ2) is 4.39. The summed E-state index contributed by atoms with van der Waals surface area (Å²) in [6.07, 6.45) is 0. The lowest BCUT2D eigenvalue weighted by molar-refractivity contribution is -0.127. The van der Waals surface area contributed by atoms with Crippen molar-refractivity contribution < 1.29 is 4.79 Å². The minimum absolute atomic E-state index is 0.0138. The SMILES string of the molecule is C[C@H]1NC(=S)N(Cc2ccc(Cl)cc2)C1=O. The van der Waals surface area contributed by atoms with Crippen molar-refractivity contribution in [1.29, 1.82) is 0 Å². The summed E-state index contributed by atoms with van der Waals surface area (Å²) in [4.78, 5) is 13.3. The minimum Gasteiger partial charge on any atom is -0.351 e. The zero-order valence-corrected chi connectivity index (χ0v) is 10.3. The zero-order valence-electron chi connectivity index (χ0n) is 8.74. The van der Waals surface area contributed by atoms with E-state index in [0.29, 0.717) is 16.7 Å². The average Bonchev–Trinajstić information content (AvgIpc) is 2.48. The number of carbonyl (C=O) groups excluding carboxylic acids is 1. The number of rotatable bonds is 2. The van der Waals surface area contributed by atoms with Gasteiger partial charge in [0.15, 0.2) is 5.11 Å². The fourth-order valence-corrected chi connectivity index (χ4v) is 2.04. The van der Waals surface area contributed by atoms with E-state index in [2.05, 4.69) is 5.32 Å². The van der Waals surface area contributed by atoms with E-state index in [0.717, 1.165) is 5.56 Å². The minimum atomic E-state index is -0.222. The van der Waals surface area contributed by atoms with Crippen LogP contribution in [0, 0.1) is 0 Å². The molecule has 1 fully saturated rings. The van der Waals surface area contributed by atoms with Crippen molar-refractivity contribution in [2.45, 2.75) is 19.5 Å². The van der Waals surface area contributed by atoms with E-state index in [1.165, 1.54) is 0 Å². The molecule has 1 aromatic rings. The first kappa shape index (κ1) is 11.4. The van der Waals surface area contributed by atoms with Crippen LogP contribution in [0.4, 0.5) is 0 Å². The summed E-state index contributed by atoms with van der Waals surface area (Å²) in [5, 5.41) is 4.11. The Morgan fingerprint density at radius 1 is 1.44 bits per heavy atom. The van der Waals surface area contributed by atoms with Gasteiger partial charge in [-0.3, -0.25) is 9.69 Å². The lowest BCUT2D eigenvalue weighted by Gasteiger charge is -2.14. The molecule has 1 N–H and O–H groups in total. The topological polar surface area (TPSA) is 32.3 Å². The maximum atomic E-state index is 11.7. The van der Waals surface area contributed by atoms with Crippen LogP contribution < -0.4 is 5.32 Å². The molecule has 84 valence electrons. The van der Waals surface area contributed by atoms with Gasteiger partial charge in [-0.25, -0.2) is 0 Å². The highest BCUT2D eigenvalue weighted by molar-refractivity contribution is 7.80. The van der Waals surface area contributed by atoms with E-state index in [1.807, 2.05) is 12.1 Å². The van der Waals surface area contributed by atoms with Crippen LogP contribution in [0.5, 0.6) is 0 Å². The molecule has 1 saturated heterocycles. The predicted octanol–water partition coefficient (Wildman–Crippen LogP) is 1.95. The molecule has 1 aliphatic rings. The number of hydrogen-bond donors (Lipinski definition) is 1. The number of nitrogens with one attached hydrogen (secondary N) is 1. The highest BCUT2D eigenvalue weighted by Gasteiger charge is 2.31. The Labute approximate surface area is 104 Å². The third-order valence-corrected chi connectivity index (χ3v) is 3.07. The molecule has 1 aliphatic heterocycles. The number of benzene rings is 1. The summed E-state index contributed by atoms with van der Waals surface area (Å²) in [6.45, 7) is 2.29. The molecular weight excluding hydrogens is 244 g/mol. The molecule has 0 unspecified atom stereocenters. The molecule has 2 rings (SSSR count). The van der Waals surface area contributed by atoms with Gasteiger partial charge in [0.05, 0.1) is 6.54 Å². The van der Waals surface area contributed by atoms with Crippen LogP contribution in [0.15, 0.2) is 24.3 Å². The molecule has 0 aliphatic carbocycles. The Hall–Kier alpha value is -1.13. The molecule has 1 aromatic carbocycles. The van der Waals surface area contributed by atoms with Gasteiger partial charge in [-0.05, 0) is 36.8 Å². The normalized spacial score (nSPS) is 20.1. The van der Waals surface area contributed by atoms with E-state index in [-0.39, 0.29) is 11.9 Å². The van der Waals surface area contributed by atoms with E-state index in [9.17, 15) is 4.79 Å². The van der Waals surface area contributed by atoms with Crippen molar-refractivity contribution >= 4 is 34.8 Å². The molecule has 5 heteroatoms. The Balaban J connectivity index is 2.13. The molecule has 0 saturated carbocycles. The van der Waals surface area contributed by atoms with Gasteiger partial charge in [0.25, 0.3) is 5.91 Å². The van der Waals surface area contributed by atoms with Crippen LogP contribution in [-0.4, -0.2) is 22.0 Å². The fourth-order valence-electron chi connectivity index (χ4n) is 1.58. The lowest BCUT2D eigenvalue weighted by atomic mass is 10.2. The molecule has 16 heavy (non-hydrogen) atoms. The average molecular weight is 255 g/mol. The molecule has 0 bridgehead atoms. The Kier molecular flexibility index (Phi) is 3.12. The molecule has 1 atom stereocenters. The summed E-state index contributed by atoms with van der Waals surface area (Å²) in [6, 6.07) is 7.16. The van der Waals surface area contributed by atoms with Crippen LogP contribution in [0.3, 0.4) is 0 Å². The maximum Gasteiger partial charge on any atom is 0.251 e. The van der Waals surface area contributed by atoms with Gasteiger partial charge in [0, 0.05) is 5.02 Å². The summed E-state index contributed by atoms with van der Waals surface area (Å²) in [5.41, 5.74) is 1.01. The molecular formula is C11H11ClN2OS. The first-order chi connectivity index (χ1) is 7.58. The van der Waals surface area contributed by atoms with Crippen LogP contribution in [0.1, 0.15) is 12.5 Å². The predicted molar refractivity (Wildman–Crippen MR) is 67.2 cm³/mol. The van der Waals surface area contributed by atoms with Crippen LogP contribution >= 0.6 is 23.8 Å². The summed E-state index contributed by atoms with van der Waals surface area (Å²) < 4.78 is 0. The van der Waals surface area contributed by atoms with Crippen LogP contribution in [-0.2, 0) is 11.3 Å². The first-order valence-corrected chi connectivity index (χ1v) is 5.73. The van der Waals surface area contributed by atoms with Gasteiger partial charge >= 0.3 is 0 Å². The van der Waals surface area contributed by atoms with Gasteiger partial charge in [0.1, 0.15) is 6.04 Å². The number of nitrogens with zero attached hydrogens (tertiary/aromatic N) is 1. The molecule has 0 aromatic heterocycles. The third kappa shape index (κ3) is 2.18. The Morgan fingerprint density at radius 2 is 2.06 bits per heavy atom. The van der Waals surface area contributed by atoms with Crippen molar-refractivity contribution in [2.75, 3.05) is 0 Å². The second-order valence-corrected chi connectivity index (χ2v) is 4.55. The molecule has 1 amide bonds. The number of thiocarbonyl (C=S) groups is 1. The summed E-state index contributed by atoms with van der Waals surface area (Å²) in [7, 11) is 0. The van der Waals surface area contributed by atoms with E-state index < -0.39 is 0 Å². The summed E-state index contributed by atoms with van der Waals surface area (Å²) in [5.74, 6) is 0.0138. The van der Waals surface area contributed by atoms with E-state index in [4.69, 9.17) is 23.8 Å². The number of halogens is 1. The third-order valence-electron chi connectivity index (χ3n) is 2.48. The van der Waals surface area contributed by atoms with Crippen LogP contribution in [0.2, 0.25) is 5.02 Å². The van der Waals surface area contributed by atoms with Gasteiger partial charge in [-0.15, -0.1) is 0 Å². The highest BCUT2D eigenvalue weighted by atomic mass is 35.5. The first-order valence-electron chi connectivity index (χ1n) is 4.94. The largest absolute Gasteiger partial charge is 0.351 e. The molecule has 3 nitrogen and oxygen atoms in total. The molecule has 1 heterocycles. The van der Waals surface area contributed by atoms with Crippen molar-refractivity contribution in [3.63, 3.8) is 0 Å². The standard InChI is InChI=1S/C11H11ClN2OS/c1-7-10(15)14(11(16)13-7)6-8-2-4-9(12)5-3-8/h2-5,7H,6H2,1H3,(H,13,16)/t7-/m1/s1. The van der Waals surface area contributed by atoms with E-state index in [1.54, 1.807) is 24.0 Å². The fraction of sp³-hybridized carbons (Fsp3) is 0.273. The van der Waals surface area contributed by atoms with Gasteiger partial charge in [-0.1, -0.05) is 23.7 Å². The molecule has 0 radical (unpaired) electrons. The number of carbonyl (C=O) groups is 1. The van der Waals surface area contributed by atoms with Gasteiger partial charge in [0.2, 0.25) is 0 Å². The van der Waals surface area contributed by atoms with Gasteiger partial charge in [-0.2, -0.15) is 0 Å². The zero-order chi connectivity index (χ0) is 11.7. The van der Waals surface area contributed by atoms with E-state index >= 15 is 0 Å². The lowest BCUT2D eigenvalue weighted by Crippen LogP contribution is -2.30. The number of amides is 1.